The van der Waals surface area contributed by atoms with Crippen LogP contribution < -0.4 is 5.32 Å². The van der Waals surface area contributed by atoms with Crippen molar-refractivity contribution >= 4 is 0 Å². The molecule has 1 saturated heterocycles. The lowest BCUT2D eigenvalue weighted by Gasteiger charge is -2.28. The fourth-order valence-corrected chi connectivity index (χ4v) is 3.39. The van der Waals surface area contributed by atoms with Crippen molar-refractivity contribution in [1.82, 2.24) is 5.32 Å². The molecule has 0 spiro atoms. The predicted octanol–water partition coefficient (Wildman–Crippen LogP) is 4.03. The third kappa shape index (κ3) is 3.07. The van der Waals surface area contributed by atoms with E-state index in [-0.39, 0.29) is 0 Å². The molecule has 2 heteroatoms. The molecule has 3 rings (SSSR count). The van der Waals surface area contributed by atoms with Gasteiger partial charge in [-0.15, -0.1) is 0 Å². The number of ether oxygens (including phenoxy) is 1. The van der Waals surface area contributed by atoms with Crippen molar-refractivity contribution in [3.05, 3.63) is 35.4 Å². The van der Waals surface area contributed by atoms with Gasteiger partial charge in [0.05, 0.1) is 6.61 Å². The number of benzene rings is 1. The van der Waals surface area contributed by atoms with Crippen molar-refractivity contribution in [2.75, 3.05) is 19.8 Å². The van der Waals surface area contributed by atoms with E-state index in [1.807, 2.05) is 0 Å². The van der Waals surface area contributed by atoms with Crippen LogP contribution in [0.1, 0.15) is 62.1 Å². The van der Waals surface area contributed by atoms with Crippen molar-refractivity contribution in [3.63, 3.8) is 0 Å². The summed E-state index contributed by atoms with van der Waals surface area (Å²) >= 11 is 0. The largest absolute Gasteiger partial charge is 0.381 e. The summed E-state index contributed by atoms with van der Waals surface area (Å²) in [7, 11) is 0. The van der Waals surface area contributed by atoms with Crippen molar-refractivity contribution in [1.29, 1.82) is 0 Å². The van der Waals surface area contributed by atoms with E-state index in [1.165, 1.54) is 43.2 Å². The summed E-state index contributed by atoms with van der Waals surface area (Å²) in [5.41, 5.74) is 2.98. The van der Waals surface area contributed by atoms with E-state index < -0.39 is 0 Å². The predicted molar refractivity (Wildman–Crippen MR) is 83.0 cm³/mol. The Morgan fingerprint density at radius 2 is 2.00 bits per heavy atom. The Labute approximate surface area is 122 Å². The molecule has 2 unspecified atom stereocenters. The fraction of sp³-hybridized carbons (Fsp3) is 0.667. The Balaban J connectivity index is 1.71. The van der Waals surface area contributed by atoms with Crippen molar-refractivity contribution in [2.24, 2.45) is 5.92 Å². The van der Waals surface area contributed by atoms with Crippen LogP contribution in [0, 0.1) is 5.92 Å². The Morgan fingerprint density at radius 3 is 2.55 bits per heavy atom. The van der Waals surface area contributed by atoms with Gasteiger partial charge in [0.2, 0.25) is 0 Å². The Hall–Kier alpha value is -0.860. The quantitative estimate of drug-likeness (QED) is 0.845. The molecule has 1 heterocycles. The van der Waals surface area contributed by atoms with Gasteiger partial charge in [-0.25, -0.2) is 0 Å². The number of rotatable bonds is 6. The number of hydrogen-bond donors (Lipinski definition) is 1. The van der Waals surface area contributed by atoms with Crippen molar-refractivity contribution < 1.29 is 4.74 Å². The molecule has 2 atom stereocenters. The van der Waals surface area contributed by atoms with Gasteiger partial charge in [0, 0.05) is 18.6 Å². The monoisotopic (exact) mass is 273 g/mol. The van der Waals surface area contributed by atoms with E-state index >= 15 is 0 Å². The van der Waals surface area contributed by atoms with Crippen LogP contribution in [0.15, 0.2) is 24.3 Å². The van der Waals surface area contributed by atoms with Crippen LogP contribution in [0.25, 0.3) is 0 Å². The van der Waals surface area contributed by atoms with Gasteiger partial charge in [0.25, 0.3) is 0 Å². The molecule has 1 aromatic rings. The number of nitrogens with one attached hydrogen (secondary N) is 1. The zero-order chi connectivity index (χ0) is 13.8. The van der Waals surface area contributed by atoms with Gasteiger partial charge < -0.3 is 10.1 Å². The summed E-state index contributed by atoms with van der Waals surface area (Å²) < 4.78 is 5.59. The van der Waals surface area contributed by atoms with Crippen LogP contribution in [0.3, 0.4) is 0 Å². The molecule has 110 valence electrons. The first kappa shape index (κ1) is 14.1. The van der Waals surface area contributed by atoms with Gasteiger partial charge in [-0.2, -0.15) is 0 Å². The maximum atomic E-state index is 5.59. The van der Waals surface area contributed by atoms with E-state index in [9.17, 15) is 0 Å². The first-order chi connectivity index (χ1) is 9.88. The van der Waals surface area contributed by atoms with Gasteiger partial charge in [0.15, 0.2) is 0 Å². The Bertz CT molecular complexity index is 404. The topological polar surface area (TPSA) is 21.3 Å². The third-order valence-electron chi connectivity index (χ3n) is 4.92. The van der Waals surface area contributed by atoms with Gasteiger partial charge in [-0.05, 0) is 49.3 Å². The lowest BCUT2D eigenvalue weighted by molar-refractivity contribution is 0.176. The summed E-state index contributed by atoms with van der Waals surface area (Å²) in [6.07, 6.45) is 6.54. The second-order valence-corrected chi connectivity index (χ2v) is 6.35. The minimum absolute atomic E-state index is 0.466. The van der Waals surface area contributed by atoms with Crippen LogP contribution in [0.4, 0.5) is 0 Å². The van der Waals surface area contributed by atoms with E-state index in [0.29, 0.717) is 12.0 Å². The van der Waals surface area contributed by atoms with Gasteiger partial charge in [-0.3, -0.25) is 0 Å². The highest BCUT2D eigenvalue weighted by molar-refractivity contribution is 5.29. The van der Waals surface area contributed by atoms with E-state index in [0.717, 1.165) is 25.7 Å². The van der Waals surface area contributed by atoms with Crippen LogP contribution in [0.2, 0.25) is 0 Å². The Morgan fingerprint density at radius 1 is 1.20 bits per heavy atom. The molecule has 2 aliphatic rings. The Kier molecular flexibility index (Phi) is 4.74. The molecule has 1 saturated carbocycles. The summed E-state index contributed by atoms with van der Waals surface area (Å²) in [4.78, 5) is 0. The first-order valence-corrected chi connectivity index (χ1v) is 8.29. The highest BCUT2D eigenvalue weighted by atomic mass is 16.5. The molecule has 2 fully saturated rings. The molecule has 0 aromatic heterocycles. The molecule has 0 radical (unpaired) electrons. The molecule has 1 aromatic carbocycles. The molecular weight excluding hydrogens is 246 g/mol. The van der Waals surface area contributed by atoms with Crippen molar-refractivity contribution in [2.45, 2.75) is 51.0 Å². The van der Waals surface area contributed by atoms with Gasteiger partial charge in [0.1, 0.15) is 0 Å². The molecule has 0 bridgehead atoms. The van der Waals surface area contributed by atoms with Crippen LogP contribution >= 0.6 is 0 Å². The zero-order valence-corrected chi connectivity index (χ0v) is 12.6. The average molecular weight is 273 g/mol. The maximum Gasteiger partial charge on any atom is 0.0513 e. The highest BCUT2D eigenvalue weighted by Gasteiger charge is 2.27. The number of hydrogen-bond acceptors (Lipinski definition) is 2. The van der Waals surface area contributed by atoms with E-state index in [2.05, 4.69) is 36.5 Å². The molecule has 2 nitrogen and oxygen atoms in total. The molecule has 0 amide bonds. The summed E-state index contributed by atoms with van der Waals surface area (Å²) in [6.45, 7) is 5.15. The van der Waals surface area contributed by atoms with Crippen LogP contribution in [0.5, 0.6) is 0 Å². The smallest absolute Gasteiger partial charge is 0.0513 e. The second-order valence-electron chi connectivity index (χ2n) is 6.35. The van der Waals surface area contributed by atoms with Crippen LogP contribution in [-0.4, -0.2) is 19.8 Å². The lowest BCUT2D eigenvalue weighted by Crippen LogP contribution is -2.29. The van der Waals surface area contributed by atoms with E-state index in [4.69, 9.17) is 4.74 Å². The summed E-state index contributed by atoms with van der Waals surface area (Å²) in [5.74, 6) is 1.47. The lowest BCUT2D eigenvalue weighted by atomic mass is 9.79. The highest BCUT2D eigenvalue weighted by Crippen LogP contribution is 2.37. The molecule has 20 heavy (non-hydrogen) atoms. The third-order valence-corrected chi connectivity index (χ3v) is 4.92. The summed E-state index contributed by atoms with van der Waals surface area (Å²) in [6, 6.07) is 9.87. The van der Waals surface area contributed by atoms with E-state index in [1.54, 1.807) is 0 Å². The van der Waals surface area contributed by atoms with Crippen molar-refractivity contribution in [3.8, 4) is 0 Å². The fourth-order valence-electron chi connectivity index (χ4n) is 3.39. The molecule has 1 aliphatic carbocycles. The van der Waals surface area contributed by atoms with Gasteiger partial charge >= 0.3 is 0 Å². The standard InChI is InChI=1S/C18H27NO/c1-2-11-19-18(17-10-12-20-13-17)16-8-6-15(7-9-16)14-4-3-5-14/h6-9,14,17-19H,2-5,10-13H2,1H3. The SMILES string of the molecule is CCCNC(c1ccc(C2CCC2)cc1)C1CCOC1. The summed E-state index contributed by atoms with van der Waals surface area (Å²) in [5, 5.41) is 3.72. The van der Waals surface area contributed by atoms with Gasteiger partial charge in [-0.1, -0.05) is 37.6 Å². The minimum Gasteiger partial charge on any atom is -0.381 e. The maximum absolute atomic E-state index is 5.59. The average Bonchev–Trinajstić information content (AvgIpc) is 2.93. The second kappa shape index (κ2) is 6.73. The zero-order valence-electron chi connectivity index (χ0n) is 12.6. The first-order valence-electron chi connectivity index (χ1n) is 8.29. The molecular formula is C18H27NO. The van der Waals surface area contributed by atoms with Crippen LogP contribution in [-0.2, 0) is 4.74 Å². The normalized spacial score (nSPS) is 24.6. The molecule has 1 N–H and O–H groups in total. The minimum atomic E-state index is 0.466. The molecule has 1 aliphatic heterocycles.